The minimum Gasteiger partial charge on any atom is -0.491 e. The molecule has 174 valence electrons. The summed E-state index contributed by atoms with van der Waals surface area (Å²) < 4.78 is 5.81. The Balaban J connectivity index is 1.37. The molecule has 3 aliphatic rings. The molecule has 1 aromatic rings. The van der Waals surface area contributed by atoms with Gasteiger partial charge in [-0.1, -0.05) is 12.1 Å². The lowest BCUT2D eigenvalue weighted by Gasteiger charge is -2.39. The van der Waals surface area contributed by atoms with E-state index in [1.165, 1.54) is 5.56 Å². The predicted molar refractivity (Wildman–Crippen MR) is 118 cm³/mol. The van der Waals surface area contributed by atoms with Crippen molar-refractivity contribution in [3.63, 3.8) is 0 Å². The molecule has 32 heavy (non-hydrogen) atoms. The molecule has 4 atom stereocenters. The molecule has 0 aromatic heterocycles. The number of hydrogen-bond donors (Lipinski definition) is 3. The van der Waals surface area contributed by atoms with E-state index in [-0.39, 0.29) is 23.8 Å². The standard InChI is InChI=1S/C24H33N3O5/c1-14(2)32-17-5-3-4-16(10-17)15-6-8-27(9-7-15)22(29)20-18(23(30)31)11-24(13-26-20)12-19(24)21(25)28/h3-5,10,14-15,18-20,26H,6-9,11-13H2,1-2H3,(H2,25,28)(H,30,31). The summed E-state index contributed by atoms with van der Waals surface area (Å²) in [5.74, 6) is -1.47. The van der Waals surface area contributed by atoms with Gasteiger partial charge < -0.3 is 25.8 Å². The molecule has 8 heteroatoms. The van der Waals surface area contributed by atoms with Gasteiger partial charge in [0.25, 0.3) is 0 Å². The van der Waals surface area contributed by atoms with Crippen LogP contribution in [0.15, 0.2) is 24.3 Å². The zero-order chi connectivity index (χ0) is 23.0. The van der Waals surface area contributed by atoms with Gasteiger partial charge in [0.15, 0.2) is 0 Å². The summed E-state index contributed by atoms with van der Waals surface area (Å²) >= 11 is 0. The van der Waals surface area contributed by atoms with Crippen LogP contribution in [0.4, 0.5) is 0 Å². The van der Waals surface area contributed by atoms with Gasteiger partial charge >= 0.3 is 5.97 Å². The molecule has 3 fully saturated rings. The molecule has 4 unspecified atom stereocenters. The number of carboxylic acid groups (broad SMARTS) is 1. The van der Waals surface area contributed by atoms with E-state index in [4.69, 9.17) is 10.5 Å². The molecular weight excluding hydrogens is 410 g/mol. The summed E-state index contributed by atoms with van der Waals surface area (Å²) in [5.41, 5.74) is 6.24. The SMILES string of the molecule is CC(C)Oc1cccc(C2CCN(C(=O)C3NCC4(CC3C(=O)O)CC4C(N)=O)CC2)c1. The number of nitrogens with two attached hydrogens (primary N) is 1. The van der Waals surface area contributed by atoms with Gasteiger partial charge in [-0.05, 0) is 68.6 Å². The van der Waals surface area contributed by atoms with Gasteiger partial charge in [0.1, 0.15) is 11.8 Å². The van der Waals surface area contributed by atoms with Crippen molar-refractivity contribution in [1.82, 2.24) is 10.2 Å². The van der Waals surface area contributed by atoms with Crippen molar-refractivity contribution in [2.24, 2.45) is 23.0 Å². The zero-order valence-corrected chi connectivity index (χ0v) is 18.8. The van der Waals surface area contributed by atoms with Crippen LogP contribution in [0.1, 0.15) is 51.0 Å². The summed E-state index contributed by atoms with van der Waals surface area (Å²) in [4.78, 5) is 38.5. The zero-order valence-electron chi connectivity index (χ0n) is 18.8. The van der Waals surface area contributed by atoms with Crippen molar-refractivity contribution < 1.29 is 24.2 Å². The highest BCUT2D eigenvalue weighted by Crippen LogP contribution is 2.58. The monoisotopic (exact) mass is 443 g/mol. The topological polar surface area (TPSA) is 122 Å². The first kappa shape index (κ1) is 22.6. The van der Waals surface area contributed by atoms with Gasteiger partial charge in [-0.25, -0.2) is 0 Å². The van der Waals surface area contributed by atoms with Gasteiger partial charge in [0.2, 0.25) is 11.8 Å². The Morgan fingerprint density at radius 3 is 2.53 bits per heavy atom. The van der Waals surface area contributed by atoms with E-state index in [1.807, 2.05) is 26.0 Å². The number of nitrogens with one attached hydrogen (secondary N) is 1. The number of carbonyl (C=O) groups excluding carboxylic acids is 2. The van der Waals surface area contributed by atoms with Crippen LogP contribution >= 0.6 is 0 Å². The maximum absolute atomic E-state index is 13.2. The summed E-state index contributed by atoms with van der Waals surface area (Å²) in [7, 11) is 0. The van der Waals surface area contributed by atoms with Gasteiger partial charge in [0, 0.05) is 25.6 Å². The number of carboxylic acids is 1. The molecule has 4 N–H and O–H groups in total. The maximum atomic E-state index is 13.2. The second-order valence-corrected chi connectivity index (χ2v) is 9.87. The minimum absolute atomic E-state index is 0.114. The Bertz CT molecular complexity index is 895. The van der Waals surface area contributed by atoms with Crippen LogP contribution in [0, 0.1) is 17.3 Å². The van der Waals surface area contributed by atoms with E-state index >= 15 is 0 Å². The van der Waals surface area contributed by atoms with E-state index in [2.05, 4.69) is 17.4 Å². The largest absolute Gasteiger partial charge is 0.491 e. The van der Waals surface area contributed by atoms with Crippen LogP contribution in [-0.2, 0) is 14.4 Å². The first-order valence-electron chi connectivity index (χ1n) is 11.5. The second-order valence-electron chi connectivity index (χ2n) is 9.87. The molecule has 2 aliphatic heterocycles. The molecule has 1 aromatic carbocycles. The number of ether oxygens (including phenoxy) is 1. The van der Waals surface area contributed by atoms with Crippen LogP contribution in [0.25, 0.3) is 0 Å². The molecule has 0 radical (unpaired) electrons. The fraction of sp³-hybridized carbons (Fsp3) is 0.625. The van der Waals surface area contributed by atoms with Crippen LogP contribution in [0.2, 0.25) is 0 Å². The van der Waals surface area contributed by atoms with E-state index in [1.54, 1.807) is 4.90 Å². The quantitative estimate of drug-likeness (QED) is 0.616. The number of rotatable bonds is 6. The molecule has 4 rings (SSSR count). The number of amides is 2. The summed E-state index contributed by atoms with van der Waals surface area (Å²) in [5, 5.41) is 12.9. The highest BCUT2D eigenvalue weighted by atomic mass is 16.5. The summed E-state index contributed by atoms with van der Waals surface area (Å²) in [6, 6.07) is 7.38. The molecule has 1 spiro atoms. The van der Waals surface area contributed by atoms with E-state index in [0.29, 0.717) is 38.4 Å². The smallest absolute Gasteiger partial charge is 0.308 e. The Hall–Kier alpha value is -2.61. The molecule has 2 heterocycles. The van der Waals surface area contributed by atoms with Crippen molar-refractivity contribution >= 4 is 17.8 Å². The number of primary amides is 1. The third kappa shape index (κ3) is 4.46. The number of piperidine rings is 2. The molecule has 2 amide bonds. The van der Waals surface area contributed by atoms with E-state index < -0.39 is 23.3 Å². The normalized spacial score (nSPS) is 30.3. The molecule has 0 bridgehead atoms. The van der Waals surface area contributed by atoms with Crippen molar-refractivity contribution in [3.05, 3.63) is 29.8 Å². The van der Waals surface area contributed by atoms with E-state index in [0.717, 1.165) is 18.6 Å². The molecule has 2 saturated heterocycles. The van der Waals surface area contributed by atoms with E-state index in [9.17, 15) is 19.5 Å². The Labute approximate surface area is 188 Å². The number of nitrogens with zero attached hydrogens (tertiary/aromatic N) is 1. The first-order valence-corrected chi connectivity index (χ1v) is 11.5. The van der Waals surface area contributed by atoms with Crippen LogP contribution < -0.4 is 15.8 Å². The van der Waals surface area contributed by atoms with Gasteiger partial charge in [-0.3, -0.25) is 14.4 Å². The number of likely N-dealkylation sites (tertiary alicyclic amines) is 1. The van der Waals surface area contributed by atoms with Crippen LogP contribution in [-0.4, -0.2) is 59.6 Å². The van der Waals surface area contributed by atoms with Crippen molar-refractivity contribution in [2.75, 3.05) is 19.6 Å². The lowest BCUT2D eigenvalue weighted by Crippen LogP contribution is -2.58. The highest BCUT2D eigenvalue weighted by Gasteiger charge is 2.62. The Kier molecular flexibility index (Phi) is 6.16. The predicted octanol–water partition coefficient (Wildman–Crippen LogP) is 1.73. The van der Waals surface area contributed by atoms with Crippen molar-refractivity contribution in [1.29, 1.82) is 0 Å². The van der Waals surface area contributed by atoms with Gasteiger partial charge in [-0.2, -0.15) is 0 Å². The van der Waals surface area contributed by atoms with Gasteiger partial charge in [0.05, 0.1) is 12.0 Å². The third-order valence-electron chi connectivity index (χ3n) is 7.33. The molecular formula is C24H33N3O5. The van der Waals surface area contributed by atoms with Crippen LogP contribution in [0.5, 0.6) is 5.75 Å². The Morgan fingerprint density at radius 1 is 1.22 bits per heavy atom. The number of hydrogen-bond acceptors (Lipinski definition) is 5. The fourth-order valence-corrected chi connectivity index (χ4v) is 5.49. The highest BCUT2D eigenvalue weighted by molar-refractivity contribution is 5.89. The average Bonchev–Trinajstić information content (AvgIpc) is 3.46. The molecule has 1 saturated carbocycles. The van der Waals surface area contributed by atoms with Gasteiger partial charge in [-0.15, -0.1) is 0 Å². The maximum Gasteiger partial charge on any atom is 0.308 e. The number of aliphatic carboxylic acids is 1. The Morgan fingerprint density at radius 2 is 1.94 bits per heavy atom. The lowest BCUT2D eigenvalue weighted by atomic mass is 9.80. The summed E-state index contributed by atoms with van der Waals surface area (Å²) in [6.45, 7) is 5.65. The summed E-state index contributed by atoms with van der Waals surface area (Å²) in [6.07, 6.45) is 2.69. The van der Waals surface area contributed by atoms with Crippen molar-refractivity contribution in [2.45, 2.75) is 57.6 Å². The third-order valence-corrected chi connectivity index (χ3v) is 7.33. The molecule has 8 nitrogen and oxygen atoms in total. The average molecular weight is 444 g/mol. The number of benzene rings is 1. The lowest BCUT2D eigenvalue weighted by molar-refractivity contribution is -0.151. The van der Waals surface area contributed by atoms with Crippen molar-refractivity contribution in [3.8, 4) is 5.75 Å². The second kappa shape index (κ2) is 8.73. The molecule has 1 aliphatic carbocycles. The van der Waals surface area contributed by atoms with Crippen LogP contribution in [0.3, 0.4) is 0 Å². The fourth-order valence-electron chi connectivity index (χ4n) is 5.49. The number of carbonyl (C=O) groups is 3. The first-order chi connectivity index (χ1) is 15.2. The minimum atomic E-state index is -0.998.